The first-order valence-corrected chi connectivity index (χ1v) is 7.48. The van der Waals surface area contributed by atoms with Crippen molar-refractivity contribution in [3.63, 3.8) is 0 Å². The van der Waals surface area contributed by atoms with E-state index in [1.807, 2.05) is 11.3 Å². The van der Waals surface area contributed by atoms with Gasteiger partial charge in [-0.1, -0.05) is 37.3 Å². The zero-order chi connectivity index (χ0) is 12.1. The average Bonchev–Trinajstić information content (AvgIpc) is 2.77. The summed E-state index contributed by atoms with van der Waals surface area (Å²) >= 11 is 5.33. The van der Waals surface area contributed by atoms with Gasteiger partial charge in [-0.2, -0.15) is 0 Å². The van der Waals surface area contributed by atoms with Crippen LogP contribution in [0.15, 0.2) is 46.3 Å². The van der Waals surface area contributed by atoms with Gasteiger partial charge in [0, 0.05) is 20.8 Å². The molecule has 0 bridgehead atoms. The van der Waals surface area contributed by atoms with Crippen LogP contribution in [0, 0.1) is 0 Å². The van der Waals surface area contributed by atoms with Crippen LogP contribution in [-0.4, -0.2) is 6.54 Å². The van der Waals surface area contributed by atoms with Gasteiger partial charge in [0.05, 0.1) is 0 Å². The lowest BCUT2D eigenvalue weighted by atomic mass is 10.0. The van der Waals surface area contributed by atoms with Crippen LogP contribution in [0.5, 0.6) is 0 Å². The molecule has 0 amide bonds. The molecule has 0 aliphatic carbocycles. The van der Waals surface area contributed by atoms with E-state index in [-0.39, 0.29) is 0 Å². The van der Waals surface area contributed by atoms with E-state index in [0.717, 1.165) is 13.0 Å². The fraction of sp³-hybridized carbons (Fsp3) is 0.286. The first-order chi connectivity index (χ1) is 8.29. The molecule has 1 N–H and O–H groups in total. The molecule has 2 rings (SSSR count). The zero-order valence-corrected chi connectivity index (χ0v) is 12.2. The van der Waals surface area contributed by atoms with E-state index in [4.69, 9.17) is 0 Å². The van der Waals surface area contributed by atoms with Crippen LogP contribution in [0.3, 0.4) is 0 Å². The van der Waals surface area contributed by atoms with Crippen molar-refractivity contribution in [3.05, 3.63) is 56.7 Å². The monoisotopic (exact) mass is 309 g/mol. The molecular weight excluding hydrogens is 294 g/mol. The maximum Gasteiger partial charge on any atom is 0.0455 e. The molecule has 0 saturated heterocycles. The summed E-state index contributed by atoms with van der Waals surface area (Å²) in [4.78, 5) is 1.39. The molecule has 1 nitrogen and oxygen atoms in total. The highest BCUT2D eigenvalue weighted by Gasteiger charge is 2.12. The summed E-state index contributed by atoms with van der Waals surface area (Å²) < 4.78 is 1.17. The van der Waals surface area contributed by atoms with Crippen molar-refractivity contribution in [3.8, 4) is 0 Å². The van der Waals surface area contributed by atoms with Crippen LogP contribution in [0.4, 0.5) is 0 Å². The second kappa shape index (κ2) is 6.34. The molecule has 90 valence electrons. The lowest BCUT2D eigenvalue weighted by Gasteiger charge is -2.16. The largest absolute Gasteiger partial charge is 0.309 e. The number of rotatable bonds is 5. The SMILES string of the molecule is CCNC(Cc1ccccc1)c1cc(Br)cs1. The van der Waals surface area contributed by atoms with E-state index < -0.39 is 0 Å². The van der Waals surface area contributed by atoms with Crippen LogP contribution < -0.4 is 5.32 Å². The maximum atomic E-state index is 3.55. The molecule has 3 heteroatoms. The highest BCUT2D eigenvalue weighted by molar-refractivity contribution is 9.10. The third kappa shape index (κ3) is 3.66. The number of likely N-dealkylation sites (N-methyl/N-ethyl adjacent to an activating group) is 1. The predicted octanol–water partition coefficient (Wildman–Crippen LogP) is 4.40. The first-order valence-electron chi connectivity index (χ1n) is 5.81. The number of hydrogen-bond acceptors (Lipinski definition) is 2. The minimum absolute atomic E-state index is 0.415. The maximum absolute atomic E-state index is 3.55. The van der Waals surface area contributed by atoms with Crippen molar-refractivity contribution >= 4 is 27.3 Å². The molecule has 1 unspecified atom stereocenters. The molecular formula is C14H16BrNS. The summed E-state index contributed by atoms with van der Waals surface area (Å²) in [5.74, 6) is 0. The number of hydrogen-bond donors (Lipinski definition) is 1. The number of nitrogens with one attached hydrogen (secondary N) is 1. The standard InChI is InChI=1S/C14H16BrNS/c1-2-16-13(14-9-12(15)10-17-14)8-11-6-4-3-5-7-11/h3-7,9-10,13,16H,2,8H2,1H3. The van der Waals surface area contributed by atoms with Gasteiger partial charge in [-0.3, -0.25) is 0 Å². The predicted molar refractivity (Wildman–Crippen MR) is 78.6 cm³/mol. The molecule has 0 radical (unpaired) electrons. The van der Waals surface area contributed by atoms with Crippen molar-refractivity contribution in [2.75, 3.05) is 6.54 Å². The minimum atomic E-state index is 0.415. The van der Waals surface area contributed by atoms with Gasteiger partial charge in [-0.05, 0) is 40.5 Å². The van der Waals surface area contributed by atoms with Crippen molar-refractivity contribution < 1.29 is 0 Å². The van der Waals surface area contributed by atoms with Crippen molar-refractivity contribution in [1.29, 1.82) is 0 Å². The molecule has 0 aliphatic rings. The van der Waals surface area contributed by atoms with E-state index in [2.05, 4.69) is 69.9 Å². The van der Waals surface area contributed by atoms with Crippen LogP contribution in [0.1, 0.15) is 23.4 Å². The smallest absolute Gasteiger partial charge is 0.0455 e. The summed E-state index contributed by atoms with van der Waals surface area (Å²) in [6, 6.07) is 13.3. The van der Waals surface area contributed by atoms with Gasteiger partial charge < -0.3 is 5.32 Å². The Bertz CT molecular complexity index is 452. The number of benzene rings is 1. The van der Waals surface area contributed by atoms with E-state index in [9.17, 15) is 0 Å². The third-order valence-electron chi connectivity index (χ3n) is 2.66. The Hall–Kier alpha value is -0.640. The molecule has 0 fully saturated rings. The molecule has 1 atom stereocenters. The quantitative estimate of drug-likeness (QED) is 0.863. The van der Waals surface area contributed by atoms with Crippen molar-refractivity contribution in [2.45, 2.75) is 19.4 Å². The second-order valence-corrected chi connectivity index (χ2v) is 5.83. The summed E-state index contributed by atoms with van der Waals surface area (Å²) in [7, 11) is 0. The van der Waals surface area contributed by atoms with Crippen LogP contribution in [0.2, 0.25) is 0 Å². The Morgan fingerprint density at radius 2 is 2.06 bits per heavy atom. The molecule has 0 aliphatic heterocycles. The van der Waals surface area contributed by atoms with Crippen molar-refractivity contribution in [1.82, 2.24) is 5.32 Å². The van der Waals surface area contributed by atoms with Gasteiger partial charge in [-0.25, -0.2) is 0 Å². The van der Waals surface area contributed by atoms with Gasteiger partial charge in [0.15, 0.2) is 0 Å². The summed E-state index contributed by atoms with van der Waals surface area (Å²) in [6.45, 7) is 3.15. The lowest BCUT2D eigenvalue weighted by molar-refractivity contribution is 0.558. The third-order valence-corrected chi connectivity index (χ3v) is 4.47. The second-order valence-electron chi connectivity index (χ2n) is 3.97. The van der Waals surface area contributed by atoms with E-state index >= 15 is 0 Å². The zero-order valence-electron chi connectivity index (χ0n) is 9.82. The minimum Gasteiger partial charge on any atom is -0.309 e. The van der Waals surface area contributed by atoms with Crippen LogP contribution >= 0.6 is 27.3 Å². The molecule has 1 aromatic carbocycles. The lowest BCUT2D eigenvalue weighted by Crippen LogP contribution is -2.22. The van der Waals surface area contributed by atoms with Gasteiger partial charge in [0.2, 0.25) is 0 Å². The molecule has 1 heterocycles. The number of halogens is 1. The molecule has 17 heavy (non-hydrogen) atoms. The molecule has 1 aromatic heterocycles. The highest BCUT2D eigenvalue weighted by atomic mass is 79.9. The van der Waals surface area contributed by atoms with Gasteiger partial charge in [-0.15, -0.1) is 11.3 Å². The van der Waals surface area contributed by atoms with Gasteiger partial charge in [0.1, 0.15) is 0 Å². The Morgan fingerprint density at radius 3 is 2.65 bits per heavy atom. The van der Waals surface area contributed by atoms with E-state index in [1.54, 1.807) is 0 Å². The average molecular weight is 310 g/mol. The normalized spacial score (nSPS) is 12.6. The Labute approximate surface area is 115 Å². The first kappa shape index (κ1) is 12.8. The Balaban J connectivity index is 2.13. The van der Waals surface area contributed by atoms with Crippen LogP contribution in [0.25, 0.3) is 0 Å². The summed E-state index contributed by atoms with van der Waals surface area (Å²) in [6.07, 6.45) is 1.04. The van der Waals surface area contributed by atoms with Gasteiger partial charge in [0.25, 0.3) is 0 Å². The van der Waals surface area contributed by atoms with E-state index in [0.29, 0.717) is 6.04 Å². The molecule has 2 aromatic rings. The topological polar surface area (TPSA) is 12.0 Å². The number of thiophene rings is 1. The summed E-state index contributed by atoms with van der Waals surface area (Å²) in [5.41, 5.74) is 1.38. The van der Waals surface area contributed by atoms with E-state index in [1.165, 1.54) is 14.9 Å². The fourth-order valence-electron chi connectivity index (χ4n) is 1.88. The van der Waals surface area contributed by atoms with Gasteiger partial charge >= 0.3 is 0 Å². The van der Waals surface area contributed by atoms with Crippen molar-refractivity contribution in [2.24, 2.45) is 0 Å². The molecule has 0 saturated carbocycles. The highest BCUT2D eigenvalue weighted by Crippen LogP contribution is 2.27. The fourth-order valence-corrected chi connectivity index (χ4v) is 3.40. The van der Waals surface area contributed by atoms with Crippen LogP contribution in [-0.2, 0) is 6.42 Å². The summed E-state index contributed by atoms with van der Waals surface area (Å²) in [5, 5.41) is 5.69. The molecule has 0 spiro atoms. The Morgan fingerprint density at radius 1 is 1.29 bits per heavy atom. The Kier molecular flexibility index (Phi) is 4.77.